The van der Waals surface area contributed by atoms with Crippen molar-refractivity contribution in [3.8, 4) is 11.5 Å². The second-order valence-electron chi connectivity index (χ2n) is 12.4. The number of aromatic nitrogens is 1. The van der Waals surface area contributed by atoms with E-state index in [1.165, 1.54) is 16.2 Å². The van der Waals surface area contributed by atoms with E-state index in [0.29, 0.717) is 22.9 Å². The smallest absolute Gasteiger partial charge is 0.305 e. The topological polar surface area (TPSA) is 118 Å². The number of thiazole rings is 1. The summed E-state index contributed by atoms with van der Waals surface area (Å²) in [6.45, 7) is 1.81. The van der Waals surface area contributed by atoms with Crippen LogP contribution in [-0.4, -0.2) is 41.7 Å². The summed E-state index contributed by atoms with van der Waals surface area (Å²) in [6, 6.07) is 22.3. The van der Waals surface area contributed by atoms with Crippen molar-refractivity contribution in [3.63, 3.8) is 0 Å². The molecule has 11 heteroatoms. The molecule has 1 saturated heterocycles. The number of hydrogen-bond donors (Lipinski definition) is 2. The molecule has 3 amide bonds. The van der Waals surface area contributed by atoms with Crippen LogP contribution in [-0.2, 0) is 14.4 Å². The van der Waals surface area contributed by atoms with E-state index in [1.54, 1.807) is 43.1 Å². The number of thioether (sulfide) groups is 1. The van der Waals surface area contributed by atoms with Crippen LogP contribution in [0.1, 0.15) is 28.3 Å². The minimum atomic E-state index is -0.397. The monoisotopic (exact) mass is 653 g/mol. The highest BCUT2D eigenvalue weighted by Gasteiger charge is 2.69. The highest BCUT2D eigenvalue weighted by molar-refractivity contribution is 8.00. The Morgan fingerprint density at radius 1 is 0.957 bits per heavy atom. The maximum Gasteiger partial charge on any atom is 0.305 e. The minimum absolute atomic E-state index is 0.00719. The molecule has 2 aliphatic carbocycles. The fourth-order valence-corrected chi connectivity index (χ4v) is 11.1. The molecule has 3 fully saturated rings. The van der Waals surface area contributed by atoms with Crippen LogP contribution < -0.4 is 24.6 Å². The van der Waals surface area contributed by atoms with Crippen LogP contribution in [0.15, 0.2) is 82.6 Å². The fraction of sp³-hybridized carbons (Fsp3) is 0.314. The number of H-pyrrole nitrogens is 1. The molecule has 234 valence electrons. The van der Waals surface area contributed by atoms with E-state index < -0.39 is 5.92 Å². The van der Waals surface area contributed by atoms with Crippen LogP contribution in [0.4, 0.5) is 11.4 Å². The number of ether oxygens (including phenoxy) is 2. The first-order chi connectivity index (χ1) is 22.3. The van der Waals surface area contributed by atoms with Crippen LogP contribution in [0, 0.1) is 36.5 Å². The van der Waals surface area contributed by atoms with Gasteiger partial charge in [-0.1, -0.05) is 35.6 Å². The highest BCUT2D eigenvalue weighted by Crippen LogP contribution is 2.68. The highest BCUT2D eigenvalue weighted by atomic mass is 32.2. The van der Waals surface area contributed by atoms with Crippen molar-refractivity contribution >= 4 is 52.2 Å². The number of fused-ring (bicyclic) bond motifs is 9. The van der Waals surface area contributed by atoms with Gasteiger partial charge in [0, 0.05) is 21.7 Å². The molecule has 2 bridgehead atoms. The van der Waals surface area contributed by atoms with E-state index in [4.69, 9.17) is 9.47 Å². The molecule has 9 nitrogen and oxygen atoms in total. The first-order valence-corrected chi connectivity index (χ1v) is 17.0. The zero-order valence-electron chi connectivity index (χ0n) is 25.1. The Balaban J connectivity index is 1.08. The fourth-order valence-electron chi connectivity index (χ4n) is 8.24. The number of methoxy groups -OCH3 is 1. The lowest BCUT2D eigenvalue weighted by Crippen LogP contribution is -2.42. The number of aromatic amines is 1. The van der Waals surface area contributed by atoms with Crippen molar-refractivity contribution in [2.75, 3.05) is 23.9 Å². The number of carbonyl (C=O) groups is 3. The van der Waals surface area contributed by atoms with Gasteiger partial charge in [-0.2, -0.15) is 0 Å². The normalized spacial score (nSPS) is 27.3. The molecular formula is C35H31N3O6S2. The molecule has 0 radical (unpaired) electrons. The molecule has 3 aromatic carbocycles. The molecule has 4 unspecified atom stereocenters. The molecule has 7 atom stereocenters. The first kappa shape index (κ1) is 29.1. The standard InChI is InChI=1S/C35H31N3O6S2/c1-17-5-3-7-19(13-17)36-25(39)16-44-22-8-4-6-18(14-22)26-27-23-15-24(30(27)45-32-31(26)46-35(42)37-32)29-28(23)33(40)38(34(29)41)20-9-11-21(43-2)12-10-20/h3-14,23-24,26-30H,15-16H2,1-2H3,(H,36,39)(H,37,42)/t23-,24-,26-,27?,28?,29?,30?/m1/s1. The average Bonchev–Trinajstić information content (AvgIpc) is 3.79. The van der Waals surface area contributed by atoms with Crippen molar-refractivity contribution in [1.29, 1.82) is 0 Å². The molecule has 46 heavy (non-hydrogen) atoms. The Hall–Kier alpha value is -4.35. The maximum absolute atomic E-state index is 14.0. The molecule has 4 aliphatic rings. The van der Waals surface area contributed by atoms with E-state index in [1.807, 2.05) is 55.5 Å². The second kappa shape index (κ2) is 11.2. The van der Waals surface area contributed by atoms with Gasteiger partial charge in [-0.05, 0) is 90.8 Å². The summed E-state index contributed by atoms with van der Waals surface area (Å²) in [5.74, 6) is -0.171. The van der Waals surface area contributed by atoms with Gasteiger partial charge < -0.3 is 19.8 Å². The second-order valence-corrected chi connectivity index (χ2v) is 14.7. The molecule has 8 rings (SSSR count). The van der Waals surface area contributed by atoms with Crippen molar-refractivity contribution in [2.45, 2.75) is 29.5 Å². The number of rotatable bonds is 7. The number of amides is 3. The Morgan fingerprint density at radius 2 is 1.72 bits per heavy atom. The van der Waals surface area contributed by atoms with E-state index >= 15 is 0 Å². The summed E-state index contributed by atoms with van der Waals surface area (Å²) < 4.78 is 11.2. The Morgan fingerprint density at radius 3 is 2.48 bits per heavy atom. The number of nitrogens with zero attached hydrogens (tertiary/aromatic N) is 1. The number of nitrogens with one attached hydrogen (secondary N) is 2. The van der Waals surface area contributed by atoms with Crippen molar-refractivity contribution in [2.24, 2.45) is 29.6 Å². The lowest BCUT2D eigenvalue weighted by molar-refractivity contribution is -0.123. The molecule has 2 saturated carbocycles. The Kier molecular flexibility index (Phi) is 7.06. The minimum Gasteiger partial charge on any atom is -0.497 e. The third-order valence-electron chi connectivity index (χ3n) is 9.94. The van der Waals surface area contributed by atoms with Gasteiger partial charge in [-0.15, -0.1) is 11.8 Å². The number of hydrogen-bond acceptors (Lipinski definition) is 8. The predicted octanol–water partition coefficient (Wildman–Crippen LogP) is 5.45. The molecule has 1 aromatic heterocycles. The average molecular weight is 654 g/mol. The summed E-state index contributed by atoms with van der Waals surface area (Å²) in [4.78, 5) is 58.5. The summed E-state index contributed by atoms with van der Waals surface area (Å²) >= 11 is 2.87. The summed E-state index contributed by atoms with van der Waals surface area (Å²) in [6.07, 6.45) is 0.802. The Labute approximate surface area is 273 Å². The molecular weight excluding hydrogens is 623 g/mol. The lowest BCUT2D eigenvalue weighted by Gasteiger charge is -2.43. The van der Waals surface area contributed by atoms with Crippen molar-refractivity contribution in [1.82, 2.24) is 4.98 Å². The predicted molar refractivity (Wildman–Crippen MR) is 176 cm³/mol. The van der Waals surface area contributed by atoms with Gasteiger partial charge in [0.05, 0.1) is 29.7 Å². The quantitative estimate of drug-likeness (QED) is 0.255. The molecule has 2 N–H and O–H groups in total. The van der Waals surface area contributed by atoms with E-state index in [2.05, 4.69) is 10.3 Å². The lowest BCUT2D eigenvalue weighted by atomic mass is 9.68. The molecule has 2 aliphatic heterocycles. The zero-order valence-corrected chi connectivity index (χ0v) is 26.7. The molecule has 4 aromatic rings. The van der Waals surface area contributed by atoms with E-state index in [-0.39, 0.29) is 64.0 Å². The van der Waals surface area contributed by atoms with Crippen LogP contribution in [0.3, 0.4) is 0 Å². The molecule has 3 heterocycles. The Bertz CT molecular complexity index is 1940. The van der Waals surface area contributed by atoms with Gasteiger partial charge in [-0.25, -0.2) is 0 Å². The largest absolute Gasteiger partial charge is 0.497 e. The van der Waals surface area contributed by atoms with Gasteiger partial charge in [0.2, 0.25) is 11.8 Å². The van der Waals surface area contributed by atoms with Gasteiger partial charge in [0.25, 0.3) is 5.91 Å². The molecule has 0 spiro atoms. The number of imide groups is 1. The van der Waals surface area contributed by atoms with Gasteiger partial charge in [-0.3, -0.25) is 24.1 Å². The van der Waals surface area contributed by atoms with E-state index in [9.17, 15) is 19.2 Å². The maximum atomic E-state index is 14.0. The van der Waals surface area contributed by atoms with Gasteiger partial charge in [0.1, 0.15) is 11.5 Å². The number of benzene rings is 3. The van der Waals surface area contributed by atoms with Crippen molar-refractivity contribution < 1.29 is 23.9 Å². The number of aryl methyl sites for hydroxylation is 1. The first-order valence-electron chi connectivity index (χ1n) is 15.3. The number of carbonyl (C=O) groups excluding carboxylic acids is 3. The third-order valence-corrected chi connectivity index (χ3v) is 12.5. The zero-order chi connectivity index (χ0) is 31.7. The van der Waals surface area contributed by atoms with Gasteiger partial charge in [0.15, 0.2) is 6.61 Å². The summed E-state index contributed by atoms with van der Waals surface area (Å²) in [5.41, 5.74) is 3.29. The summed E-state index contributed by atoms with van der Waals surface area (Å²) in [5, 5.41) is 3.79. The van der Waals surface area contributed by atoms with Crippen LogP contribution in [0.25, 0.3) is 0 Å². The third kappa shape index (κ3) is 4.67. The number of anilines is 2. The van der Waals surface area contributed by atoms with Crippen LogP contribution in [0.2, 0.25) is 0 Å². The van der Waals surface area contributed by atoms with Crippen LogP contribution in [0.5, 0.6) is 11.5 Å². The van der Waals surface area contributed by atoms with Crippen LogP contribution >= 0.6 is 23.1 Å². The summed E-state index contributed by atoms with van der Waals surface area (Å²) in [7, 11) is 1.58. The van der Waals surface area contributed by atoms with E-state index in [0.717, 1.165) is 27.5 Å². The SMILES string of the molecule is COc1ccc(N2C(=O)C3C(C2=O)[C@@H]2C[C@H]3C3Sc4[nH]c(=O)sc4[C@H](c4cccc(OCC(=O)Nc5cccc(C)c5)c4)C32)cc1. The van der Waals surface area contributed by atoms with Gasteiger partial charge >= 0.3 is 4.87 Å². The van der Waals surface area contributed by atoms with Crippen molar-refractivity contribution in [3.05, 3.63) is 98.5 Å².